The zero-order chi connectivity index (χ0) is 21.4. The van der Waals surface area contributed by atoms with Crippen molar-refractivity contribution in [3.63, 3.8) is 0 Å². The molecule has 2 aromatic carbocycles. The van der Waals surface area contributed by atoms with E-state index >= 15 is 0 Å². The van der Waals surface area contributed by atoms with Crippen molar-refractivity contribution in [2.75, 3.05) is 5.75 Å². The van der Waals surface area contributed by atoms with E-state index in [4.69, 9.17) is 4.99 Å². The van der Waals surface area contributed by atoms with E-state index in [9.17, 15) is 9.59 Å². The maximum atomic E-state index is 13.3. The van der Waals surface area contributed by atoms with Crippen LogP contribution in [0.3, 0.4) is 0 Å². The van der Waals surface area contributed by atoms with E-state index in [-0.39, 0.29) is 11.7 Å². The molecule has 0 aromatic heterocycles. The van der Waals surface area contributed by atoms with Gasteiger partial charge in [-0.15, -0.1) is 0 Å². The molecule has 5 rings (SSSR count). The molecule has 5 heteroatoms. The van der Waals surface area contributed by atoms with E-state index in [0.29, 0.717) is 22.1 Å². The summed E-state index contributed by atoms with van der Waals surface area (Å²) in [7, 11) is 0. The van der Waals surface area contributed by atoms with Crippen LogP contribution in [-0.4, -0.2) is 27.5 Å². The highest BCUT2D eigenvalue weighted by atomic mass is 32.2. The number of thioether (sulfide) groups is 1. The highest BCUT2D eigenvalue weighted by molar-refractivity contribution is 8.15. The second kappa shape index (κ2) is 8.46. The summed E-state index contributed by atoms with van der Waals surface area (Å²) in [6, 6.07) is 15.7. The van der Waals surface area contributed by atoms with E-state index in [1.165, 1.54) is 49.4 Å². The van der Waals surface area contributed by atoms with Gasteiger partial charge in [0, 0.05) is 11.1 Å². The summed E-state index contributed by atoms with van der Waals surface area (Å²) in [5.41, 5.74) is 5.22. The third-order valence-corrected chi connectivity index (χ3v) is 7.27. The zero-order valence-electron chi connectivity index (χ0n) is 17.8. The van der Waals surface area contributed by atoms with Gasteiger partial charge in [0.25, 0.3) is 0 Å². The molecule has 0 N–H and O–H groups in total. The van der Waals surface area contributed by atoms with Gasteiger partial charge in [-0.25, -0.2) is 4.99 Å². The number of hydrogen-bond acceptors (Lipinski definition) is 4. The summed E-state index contributed by atoms with van der Waals surface area (Å²) >= 11 is 1.46. The minimum Gasteiger partial charge on any atom is -0.289 e. The fraction of sp³-hybridized carbons (Fsp3) is 0.346. The van der Waals surface area contributed by atoms with Crippen molar-refractivity contribution in [2.24, 2.45) is 4.99 Å². The normalized spacial score (nSPS) is 19.5. The molecular weight excluding hydrogens is 404 g/mol. The molecule has 0 bridgehead atoms. The summed E-state index contributed by atoms with van der Waals surface area (Å²) in [5, 5.41) is 0.707. The number of Topliss-reactive ketones (excluding diaryl/α,β-unsaturated/α-hetero) is 1. The summed E-state index contributed by atoms with van der Waals surface area (Å²) in [6.07, 6.45) is 7.39. The molecule has 1 atom stereocenters. The van der Waals surface area contributed by atoms with Crippen molar-refractivity contribution < 1.29 is 9.59 Å². The van der Waals surface area contributed by atoms with Crippen molar-refractivity contribution >= 4 is 34.3 Å². The first-order valence-electron chi connectivity index (χ1n) is 11.2. The Bertz CT molecular complexity index is 1100. The largest absolute Gasteiger partial charge is 0.289 e. The van der Waals surface area contributed by atoms with Gasteiger partial charge in [-0.3, -0.25) is 14.5 Å². The molecule has 0 spiro atoms. The van der Waals surface area contributed by atoms with Crippen LogP contribution in [0.25, 0.3) is 5.70 Å². The van der Waals surface area contributed by atoms with Crippen LogP contribution in [0.4, 0.5) is 0 Å². The number of fused-ring (bicyclic) bond motifs is 3. The number of amidine groups is 1. The van der Waals surface area contributed by atoms with Gasteiger partial charge >= 0.3 is 0 Å². The lowest BCUT2D eigenvalue weighted by molar-refractivity contribution is -0.125. The number of ketones is 1. The summed E-state index contributed by atoms with van der Waals surface area (Å²) < 4.78 is 0. The molecule has 1 aliphatic carbocycles. The van der Waals surface area contributed by atoms with Crippen LogP contribution in [0.1, 0.15) is 72.1 Å². The fourth-order valence-corrected chi connectivity index (χ4v) is 5.61. The number of rotatable bonds is 7. The molecule has 1 saturated heterocycles. The van der Waals surface area contributed by atoms with Gasteiger partial charge in [0.15, 0.2) is 11.0 Å². The smallest absolute Gasteiger partial charge is 0.239 e. The number of carbonyl (C=O) groups is 2. The van der Waals surface area contributed by atoms with E-state index < -0.39 is 6.04 Å². The fourth-order valence-electron chi connectivity index (χ4n) is 4.71. The summed E-state index contributed by atoms with van der Waals surface area (Å²) in [4.78, 5) is 32.6. The van der Waals surface area contributed by atoms with Crippen LogP contribution in [0.2, 0.25) is 0 Å². The van der Waals surface area contributed by atoms with Crippen molar-refractivity contribution in [3.05, 3.63) is 76.4 Å². The molecule has 158 valence electrons. The lowest BCUT2D eigenvalue weighted by atomic mass is 9.92. The third-order valence-electron chi connectivity index (χ3n) is 6.33. The first-order valence-corrected chi connectivity index (χ1v) is 12.2. The first-order chi connectivity index (χ1) is 15.2. The second-order valence-electron chi connectivity index (χ2n) is 8.39. The van der Waals surface area contributed by atoms with Crippen LogP contribution in [0.5, 0.6) is 0 Å². The minimum atomic E-state index is -0.400. The number of hydrogen-bond donors (Lipinski definition) is 0. The van der Waals surface area contributed by atoms with Crippen molar-refractivity contribution in [2.45, 2.75) is 51.5 Å². The molecule has 4 nitrogen and oxygen atoms in total. The summed E-state index contributed by atoms with van der Waals surface area (Å²) in [5.74, 6) is 0.383. The van der Waals surface area contributed by atoms with Gasteiger partial charge in [0.2, 0.25) is 5.91 Å². The second-order valence-corrected chi connectivity index (χ2v) is 9.33. The Morgan fingerprint density at radius 3 is 2.48 bits per heavy atom. The zero-order valence-corrected chi connectivity index (χ0v) is 18.6. The van der Waals surface area contributed by atoms with Crippen LogP contribution in [-0.2, 0) is 11.2 Å². The Kier molecular flexibility index (Phi) is 5.53. The van der Waals surface area contributed by atoms with E-state index in [1.54, 1.807) is 4.90 Å². The van der Waals surface area contributed by atoms with Crippen LogP contribution < -0.4 is 0 Å². The minimum absolute atomic E-state index is 0.0110. The van der Waals surface area contributed by atoms with Crippen LogP contribution >= 0.6 is 11.8 Å². The van der Waals surface area contributed by atoms with E-state index in [1.807, 2.05) is 24.3 Å². The van der Waals surface area contributed by atoms with Crippen LogP contribution in [0, 0.1) is 0 Å². The number of amides is 1. The molecule has 1 amide bonds. The topological polar surface area (TPSA) is 49.7 Å². The molecule has 0 radical (unpaired) electrons. The Morgan fingerprint density at radius 2 is 1.71 bits per heavy atom. The first kappa shape index (κ1) is 20.3. The van der Waals surface area contributed by atoms with Gasteiger partial charge in [-0.2, -0.15) is 0 Å². The van der Waals surface area contributed by atoms with Gasteiger partial charge in [0.05, 0.1) is 23.1 Å². The number of unbranched alkanes of at least 4 members (excludes halogenated alkanes) is 4. The van der Waals surface area contributed by atoms with Crippen molar-refractivity contribution in [3.8, 4) is 0 Å². The molecule has 2 aliphatic heterocycles. The molecule has 2 aromatic rings. The highest BCUT2D eigenvalue weighted by Gasteiger charge is 2.46. The highest BCUT2D eigenvalue weighted by Crippen LogP contribution is 2.48. The average Bonchev–Trinajstić information content (AvgIpc) is 3.31. The standard InChI is InChI=1S/C26H26N2O2S/c1-2-3-4-5-6-9-17-12-14-18(15-13-17)24-22-23(27-26-28(24)21(29)16-31-26)19-10-7-8-11-20(19)25(22)30/h7-8,10-15,24H,2-6,9,16H2,1H3. The lowest BCUT2D eigenvalue weighted by Gasteiger charge is -2.32. The molecule has 0 saturated carbocycles. The quantitative estimate of drug-likeness (QED) is 0.522. The molecule has 2 heterocycles. The molecular formula is C26H26N2O2S. The number of nitrogens with zero attached hydrogens (tertiary/aromatic N) is 2. The van der Waals surface area contributed by atoms with Gasteiger partial charge in [-0.1, -0.05) is 92.9 Å². The van der Waals surface area contributed by atoms with Gasteiger partial charge in [-0.05, 0) is 24.0 Å². The maximum absolute atomic E-state index is 13.3. The molecule has 1 unspecified atom stereocenters. The van der Waals surface area contributed by atoms with Gasteiger partial charge < -0.3 is 0 Å². The van der Waals surface area contributed by atoms with Crippen molar-refractivity contribution in [1.29, 1.82) is 0 Å². The number of aryl methyl sites for hydroxylation is 1. The Labute approximate surface area is 187 Å². The van der Waals surface area contributed by atoms with Crippen LogP contribution in [0.15, 0.2) is 59.1 Å². The number of carbonyl (C=O) groups excluding carboxylic acids is 2. The predicted octanol–water partition coefficient (Wildman–Crippen LogP) is 5.79. The van der Waals surface area contributed by atoms with E-state index in [0.717, 1.165) is 23.2 Å². The molecule has 1 fully saturated rings. The predicted molar refractivity (Wildman–Crippen MR) is 126 cm³/mol. The lowest BCUT2D eigenvalue weighted by Crippen LogP contribution is -2.38. The number of benzene rings is 2. The monoisotopic (exact) mass is 430 g/mol. The van der Waals surface area contributed by atoms with E-state index in [2.05, 4.69) is 31.2 Å². The summed E-state index contributed by atoms with van der Waals surface area (Å²) in [6.45, 7) is 2.23. The third kappa shape index (κ3) is 3.55. The molecule has 3 aliphatic rings. The number of aliphatic imine (C=N–C) groups is 1. The maximum Gasteiger partial charge on any atom is 0.239 e. The van der Waals surface area contributed by atoms with Crippen molar-refractivity contribution in [1.82, 2.24) is 4.90 Å². The Hall–Kier alpha value is -2.66. The SMILES string of the molecule is CCCCCCCc1ccc(C2C3=C(N=C4SCC(=O)N42)c2ccccc2C3=O)cc1. The molecule has 31 heavy (non-hydrogen) atoms. The average molecular weight is 431 g/mol. The Morgan fingerprint density at radius 1 is 0.968 bits per heavy atom. The Balaban J connectivity index is 1.46. The van der Waals surface area contributed by atoms with Gasteiger partial charge in [0.1, 0.15) is 0 Å².